The van der Waals surface area contributed by atoms with Crippen molar-refractivity contribution in [2.75, 3.05) is 6.54 Å². The Balaban J connectivity index is 1.47. The summed E-state index contributed by atoms with van der Waals surface area (Å²) in [7, 11) is 0. The molecule has 0 saturated heterocycles. The van der Waals surface area contributed by atoms with Gasteiger partial charge in [-0.1, -0.05) is 30.3 Å². The monoisotopic (exact) mass is 258 g/mol. The van der Waals surface area contributed by atoms with Crippen molar-refractivity contribution in [1.29, 1.82) is 0 Å². The number of carbonyl (C=O) groups is 1. The highest BCUT2D eigenvalue weighted by Crippen LogP contribution is 2.60. The van der Waals surface area contributed by atoms with Crippen LogP contribution in [0.3, 0.4) is 0 Å². The van der Waals surface area contributed by atoms with Crippen LogP contribution in [-0.2, 0) is 11.2 Å². The molecule has 1 amide bonds. The van der Waals surface area contributed by atoms with Gasteiger partial charge in [0.1, 0.15) is 0 Å². The maximum absolute atomic E-state index is 12.0. The normalized spacial score (nSPS) is 21.7. The predicted molar refractivity (Wildman–Crippen MR) is 75.5 cm³/mol. The van der Waals surface area contributed by atoms with Crippen LogP contribution >= 0.6 is 0 Å². The average Bonchev–Trinajstić information content (AvgIpc) is 3.29. The number of benzene rings is 1. The fourth-order valence-corrected chi connectivity index (χ4v) is 2.94. The van der Waals surface area contributed by atoms with Crippen molar-refractivity contribution >= 4 is 5.91 Å². The molecule has 1 atom stereocenters. The Morgan fingerprint density at radius 3 is 2.58 bits per heavy atom. The van der Waals surface area contributed by atoms with Gasteiger partial charge in [0, 0.05) is 6.54 Å². The highest BCUT2D eigenvalue weighted by atomic mass is 16.2. The number of rotatable bonds is 6. The van der Waals surface area contributed by atoms with Gasteiger partial charge in [-0.3, -0.25) is 4.79 Å². The van der Waals surface area contributed by atoms with Crippen molar-refractivity contribution in [2.45, 2.75) is 38.1 Å². The first-order valence-corrected chi connectivity index (χ1v) is 7.27. The Kier molecular flexibility index (Phi) is 3.31. The molecule has 3 nitrogen and oxygen atoms in total. The van der Waals surface area contributed by atoms with Gasteiger partial charge in [-0.2, -0.15) is 0 Å². The first-order chi connectivity index (χ1) is 9.20. The van der Waals surface area contributed by atoms with Crippen LogP contribution in [0.1, 0.15) is 31.2 Å². The van der Waals surface area contributed by atoms with E-state index in [9.17, 15) is 4.79 Å². The molecule has 0 bridgehead atoms. The lowest BCUT2D eigenvalue weighted by molar-refractivity contribution is -0.122. The molecule has 1 aromatic rings. The van der Waals surface area contributed by atoms with Gasteiger partial charge in [0.15, 0.2) is 0 Å². The fraction of sp³-hybridized carbons (Fsp3) is 0.562. The van der Waals surface area contributed by atoms with Crippen LogP contribution in [-0.4, -0.2) is 18.5 Å². The summed E-state index contributed by atoms with van der Waals surface area (Å²) >= 11 is 0. The Morgan fingerprint density at radius 1 is 1.32 bits per heavy atom. The molecule has 3 N–H and O–H groups in total. The van der Waals surface area contributed by atoms with Crippen LogP contribution in [0.25, 0.3) is 0 Å². The molecule has 2 aliphatic carbocycles. The summed E-state index contributed by atoms with van der Waals surface area (Å²) in [6.07, 6.45) is 5.89. The molecule has 0 radical (unpaired) electrons. The van der Waals surface area contributed by atoms with Crippen LogP contribution in [0.15, 0.2) is 30.3 Å². The molecule has 3 heteroatoms. The number of nitrogens with one attached hydrogen (secondary N) is 1. The molecule has 19 heavy (non-hydrogen) atoms. The molecular weight excluding hydrogens is 236 g/mol. The van der Waals surface area contributed by atoms with Crippen LogP contribution in [0.4, 0.5) is 0 Å². The van der Waals surface area contributed by atoms with Crippen molar-refractivity contribution in [3.8, 4) is 0 Å². The fourth-order valence-electron chi connectivity index (χ4n) is 2.94. The third-order valence-electron chi connectivity index (χ3n) is 4.59. The van der Waals surface area contributed by atoms with E-state index in [4.69, 9.17) is 5.73 Å². The molecule has 102 valence electrons. The van der Waals surface area contributed by atoms with Crippen LogP contribution in [0.2, 0.25) is 0 Å². The maximum Gasteiger partial charge on any atom is 0.237 e. The van der Waals surface area contributed by atoms with E-state index in [0.29, 0.717) is 11.8 Å². The first kappa shape index (κ1) is 12.7. The van der Waals surface area contributed by atoms with Crippen molar-refractivity contribution < 1.29 is 4.79 Å². The molecule has 0 spiro atoms. The summed E-state index contributed by atoms with van der Waals surface area (Å²) in [5.41, 5.74) is 7.54. The second-order valence-electron chi connectivity index (χ2n) is 6.15. The summed E-state index contributed by atoms with van der Waals surface area (Å²) < 4.78 is 0. The number of amides is 1. The molecule has 1 aromatic carbocycles. The lowest BCUT2D eigenvalue weighted by Gasteiger charge is -2.17. The van der Waals surface area contributed by atoms with Gasteiger partial charge < -0.3 is 11.1 Å². The minimum atomic E-state index is -0.433. The topological polar surface area (TPSA) is 55.1 Å². The van der Waals surface area contributed by atoms with Gasteiger partial charge in [0.2, 0.25) is 5.91 Å². The molecular formula is C16H22N2O. The standard InChI is InChI=1S/C16H22N2O/c17-14(10-12-4-2-1-3-5-12)15(19)18-11-16(8-9-16)13-6-7-13/h1-5,13-14H,6-11,17H2,(H,18,19)/t14-/m0/s1. The lowest BCUT2D eigenvalue weighted by Crippen LogP contribution is -2.44. The first-order valence-electron chi connectivity index (χ1n) is 7.27. The Morgan fingerprint density at radius 2 is 2.00 bits per heavy atom. The molecule has 2 aliphatic rings. The number of hydrogen-bond acceptors (Lipinski definition) is 2. The summed E-state index contributed by atoms with van der Waals surface area (Å²) in [4.78, 5) is 12.0. The Labute approximate surface area is 114 Å². The number of hydrogen-bond donors (Lipinski definition) is 2. The van der Waals surface area contributed by atoms with E-state index in [1.165, 1.54) is 25.7 Å². The Hall–Kier alpha value is -1.35. The summed E-state index contributed by atoms with van der Waals surface area (Å²) in [6.45, 7) is 0.832. The zero-order valence-corrected chi connectivity index (χ0v) is 11.3. The van der Waals surface area contributed by atoms with E-state index in [-0.39, 0.29) is 5.91 Å². The van der Waals surface area contributed by atoms with E-state index in [2.05, 4.69) is 5.32 Å². The van der Waals surface area contributed by atoms with Gasteiger partial charge in [-0.15, -0.1) is 0 Å². The zero-order chi connectivity index (χ0) is 13.3. The van der Waals surface area contributed by atoms with Crippen LogP contribution in [0.5, 0.6) is 0 Å². The number of nitrogens with two attached hydrogens (primary N) is 1. The van der Waals surface area contributed by atoms with Gasteiger partial charge in [-0.25, -0.2) is 0 Å². The maximum atomic E-state index is 12.0. The summed E-state index contributed by atoms with van der Waals surface area (Å²) in [5.74, 6) is 0.869. The predicted octanol–water partition coefficient (Wildman–Crippen LogP) is 1.86. The smallest absolute Gasteiger partial charge is 0.237 e. The quantitative estimate of drug-likeness (QED) is 0.818. The van der Waals surface area contributed by atoms with E-state index in [0.717, 1.165) is 18.0 Å². The number of carbonyl (C=O) groups excluding carboxylic acids is 1. The highest BCUT2D eigenvalue weighted by molar-refractivity contribution is 5.81. The zero-order valence-electron chi connectivity index (χ0n) is 11.3. The average molecular weight is 258 g/mol. The van der Waals surface area contributed by atoms with Gasteiger partial charge in [0.05, 0.1) is 6.04 Å². The summed E-state index contributed by atoms with van der Waals surface area (Å²) in [6, 6.07) is 9.52. The van der Waals surface area contributed by atoms with Gasteiger partial charge in [0.25, 0.3) is 0 Å². The molecule has 2 saturated carbocycles. The second-order valence-corrected chi connectivity index (χ2v) is 6.15. The third kappa shape index (κ3) is 2.98. The largest absolute Gasteiger partial charge is 0.354 e. The highest BCUT2D eigenvalue weighted by Gasteiger charge is 2.53. The van der Waals surface area contributed by atoms with Crippen molar-refractivity contribution in [2.24, 2.45) is 17.1 Å². The van der Waals surface area contributed by atoms with E-state index in [1.807, 2.05) is 30.3 Å². The van der Waals surface area contributed by atoms with E-state index < -0.39 is 6.04 Å². The molecule has 0 heterocycles. The molecule has 0 aromatic heterocycles. The minimum absolute atomic E-state index is 0.00391. The summed E-state index contributed by atoms with van der Waals surface area (Å²) in [5, 5.41) is 3.06. The molecule has 0 aliphatic heterocycles. The van der Waals surface area contributed by atoms with Gasteiger partial charge >= 0.3 is 0 Å². The van der Waals surface area contributed by atoms with Crippen molar-refractivity contribution in [3.05, 3.63) is 35.9 Å². The van der Waals surface area contributed by atoms with Crippen LogP contribution in [0, 0.1) is 11.3 Å². The SMILES string of the molecule is N[C@@H](Cc1ccccc1)C(=O)NCC1(C2CC2)CC1. The van der Waals surface area contributed by atoms with Crippen LogP contribution < -0.4 is 11.1 Å². The van der Waals surface area contributed by atoms with E-state index in [1.54, 1.807) is 0 Å². The van der Waals surface area contributed by atoms with Crippen molar-refractivity contribution in [3.63, 3.8) is 0 Å². The van der Waals surface area contributed by atoms with Crippen molar-refractivity contribution in [1.82, 2.24) is 5.32 Å². The van der Waals surface area contributed by atoms with E-state index >= 15 is 0 Å². The minimum Gasteiger partial charge on any atom is -0.354 e. The van der Waals surface area contributed by atoms with Gasteiger partial charge in [-0.05, 0) is 49.0 Å². The second kappa shape index (κ2) is 4.97. The molecule has 0 unspecified atom stereocenters. The lowest BCUT2D eigenvalue weighted by atomic mass is 10.00. The Bertz CT molecular complexity index is 449. The molecule has 3 rings (SSSR count). The molecule has 2 fully saturated rings. The third-order valence-corrected chi connectivity index (χ3v) is 4.59.